The van der Waals surface area contributed by atoms with Crippen molar-refractivity contribution < 1.29 is 18.0 Å². The number of hydrogen-bond acceptors (Lipinski definition) is 5. The lowest BCUT2D eigenvalue weighted by Gasteiger charge is -2.13. The van der Waals surface area contributed by atoms with Gasteiger partial charge < -0.3 is 10.2 Å². The minimum absolute atomic E-state index is 0.0806. The average Bonchev–Trinajstić information content (AvgIpc) is 2.99. The lowest BCUT2D eigenvalue weighted by atomic mass is 10.1. The maximum atomic E-state index is 13.1. The van der Waals surface area contributed by atoms with Crippen LogP contribution in [-0.4, -0.2) is 38.6 Å². The number of thioether (sulfide) groups is 1. The highest BCUT2D eigenvalue weighted by Crippen LogP contribution is 2.37. The second kappa shape index (κ2) is 7.09. The molecular formula is C20H17N3O4S2. The van der Waals surface area contributed by atoms with Gasteiger partial charge in [0.25, 0.3) is 21.2 Å². The number of benzene rings is 3. The highest BCUT2D eigenvalue weighted by Gasteiger charge is 2.26. The Morgan fingerprint density at radius 3 is 2.59 bits per heavy atom. The molecule has 3 aromatic rings. The van der Waals surface area contributed by atoms with Crippen molar-refractivity contribution in [2.45, 2.75) is 9.79 Å². The van der Waals surface area contributed by atoms with E-state index in [0.717, 1.165) is 11.8 Å². The first-order valence-corrected chi connectivity index (χ1v) is 11.0. The largest absolute Gasteiger partial charge is 0.339 e. The van der Waals surface area contributed by atoms with Gasteiger partial charge in [0.15, 0.2) is 0 Å². The molecule has 0 spiro atoms. The van der Waals surface area contributed by atoms with Crippen LogP contribution in [0.15, 0.2) is 64.4 Å². The number of hydrogen-bond donors (Lipinski definition) is 2. The second-order valence-electron chi connectivity index (χ2n) is 6.69. The summed E-state index contributed by atoms with van der Waals surface area (Å²) >= 11 is 1.01. The normalized spacial score (nSPS) is 12.7. The molecule has 0 saturated heterocycles. The summed E-state index contributed by atoms with van der Waals surface area (Å²) in [7, 11) is -0.619. The van der Waals surface area contributed by atoms with E-state index in [-0.39, 0.29) is 16.0 Å². The summed E-state index contributed by atoms with van der Waals surface area (Å²) in [5.74, 6) is -0.247. The summed E-state index contributed by atoms with van der Waals surface area (Å²) in [5.41, 5.74) is 1.40. The molecule has 0 atom stereocenters. The Labute approximate surface area is 172 Å². The molecule has 0 aliphatic carbocycles. The van der Waals surface area contributed by atoms with Gasteiger partial charge in [-0.05, 0) is 48.2 Å². The van der Waals surface area contributed by atoms with Crippen LogP contribution in [0.2, 0.25) is 0 Å². The van der Waals surface area contributed by atoms with Crippen molar-refractivity contribution in [1.29, 1.82) is 0 Å². The molecule has 4 rings (SSSR count). The summed E-state index contributed by atoms with van der Waals surface area (Å²) in [4.78, 5) is 26.1. The van der Waals surface area contributed by atoms with E-state index in [9.17, 15) is 18.0 Å². The zero-order valence-corrected chi connectivity index (χ0v) is 17.2. The molecule has 3 aromatic carbocycles. The Bertz CT molecular complexity index is 1270. The molecule has 1 aliphatic rings. The van der Waals surface area contributed by atoms with Gasteiger partial charge in [0, 0.05) is 46.7 Å². The molecule has 0 aromatic heterocycles. The van der Waals surface area contributed by atoms with Crippen LogP contribution < -0.4 is 10.0 Å². The number of carbonyl (C=O) groups excluding carboxylic acids is 2. The fourth-order valence-corrected chi connectivity index (χ4v) is 5.09. The maximum absolute atomic E-state index is 13.1. The number of nitrogens with zero attached hydrogens (tertiary/aromatic N) is 1. The van der Waals surface area contributed by atoms with Gasteiger partial charge in [-0.25, -0.2) is 8.42 Å². The highest BCUT2D eigenvalue weighted by atomic mass is 32.2. The standard InChI is InChI=1S/C20H17N3O4S2/c1-23(2)20(25)28-13-6-3-5-12(11-13)22-29(26,27)17-10-9-16-18-14(17)7-4-8-15(18)19(24)21-16/h3-11,22H,1-2H3,(H,21,24). The van der Waals surface area contributed by atoms with Crippen molar-refractivity contribution in [2.24, 2.45) is 0 Å². The molecule has 0 bridgehead atoms. The molecule has 9 heteroatoms. The lowest BCUT2D eigenvalue weighted by molar-refractivity contribution is 0.103. The van der Waals surface area contributed by atoms with E-state index in [0.29, 0.717) is 32.6 Å². The molecule has 0 fully saturated rings. The van der Waals surface area contributed by atoms with E-state index < -0.39 is 10.0 Å². The Morgan fingerprint density at radius 1 is 1.07 bits per heavy atom. The van der Waals surface area contributed by atoms with Crippen molar-refractivity contribution in [3.05, 3.63) is 60.2 Å². The van der Waals surface area contributed by atoms with Crippen molar-refractivity contribution >= 4 is 55.1 Å². The molecule has 2 N–H and O–H groups in total. The van der Waals surface area contributed by atoms with Crippen LogP contribution in [0, 0.1) is 0 Å². The Balaban J connectivity index is 1.70. The molecule has 2 amide bonds. The van der Waals surface area contributed by atoms with E-state index in [1.165, 1.54) is 11.0 Å². The van der Waals surface area contributed by atoms with Crippen molar-refractivity contribution in [3.63, 3.8) is 0 Å². The Morgan fingerprint density at radius 2 is 1.83 bits per heavy atom. The van der Waals surface area contributed by atoms with Crippen LogP contribution in [0.5, 0.6) is 0 Å². The third-order valence-corrected chi connectivity index (χ3v) is 6.91. The third-order valence-electron chi connectivity index (χ3n) is 4.44. The quantitative estimate of drug-likeness (QED) is 0.614. The minimum Gasteiger partial charge on any atom is -0.339 e. The molecule has 0 saturated carbocycles. The summed E-state index contributed by atoms with van der Waals surface area (Å²) < 4.78 is 28.7. The first-order valence-electron chi connectivity index (χ1n) is 8.65. The van der Waals surface area contributed by atoms with Gasteiger partial charge in [-0.15, -0.1) is 0 Å². The molecule has 7 nitrogen and oxygen atoms in total. The van der Waals surface area contributed by atoms with Crippen LogP contribution in [-0.2, 0) is 10.0 Å². The van der Waals surface area contributed by atoms with Crippen LogP contribution in [0.25, 0.3) is 10.8 Å². The summed E-state index contributed by atoms with van der Waals surface area (Å²) in [6.07, 6.45) is 0. The van der Waals surface area contributed by atoms with Crippen LogP contribution >= 0.6 is 11.8 Å². The molecule has 29 heavy (non-hydrogen) atoms. The van der Waals surface area contributed by atoms with Gasteiger partial charge in [-0.1, -0.05) is 18.2 Å². The van der Waals surface area contributed by atoms with Crippen LogP contribution in [0.3, 0.4) is 0 Å². The van der Waals surface area contributed by atoms with Crippen molar-refractivity contribution in [3.8, 4) is 0 Å². The number of carbonyl (C=O) groups is 2. The Kier molecular flexibility index (Phi) is 4.71. The van der Waals surface area contributed by atoms with Gasteiger partial charge in [0.1, 0.15) is 0 Å². The first-order chi connectivity index (χ1) is 13.8. The van der Waals surface area contributed by atoms with E-state index in [4.69, 9.17) is 0 Å². The lowest BCUT2D eigenvalue weighted by Crippen LogP contribution is -2.16. The van der Waals surface area contributed by atoms with Crippen molar-refractivity contribution in [2.75, 3.05) is 24.1 Å². The molecular weight excluding hydrogens is 410 g/mol. The van der Waals surface area contributed by atoms with Gasteiger partial charge in [-0.3, -0.25) is 14.3 Å². The number of anilines is 2. The zero-order chi connectivity index (χ0) is 20.8. The molecule has 0 radical (unpaired) electrons. The first kappa shape index (κ1) is 19.3. The van der Waals surface area contributed by atoms with Gasteiger partial charge in [0.2, 0.25) is 0 Å². The molecule has 0 unspecified atom stereocenters. The van der Waals surface area contributed by atoms with Crippen LogP contribution in [0.1, 0.15) is 10.4 Å². The topological polar surface area (TPSA) is 95.6 Å². The highest BCUT2D eigenvalue weighted by molar-refractivity contribution is 8.13. The number of nitrogens with one attached hydrogen (secondary N) is 2. The summed E-state index contributed by atoms with van der Waals surface area (Å²) in [5, 5.41) is 3.65. The summed E-state index contributed by atoms with van der Waals surface area (Å²) in [6, 6.07) is 14.7. The van der Waals surface area contributed by atoms with Crippen molar-refractivity contribution in [1.82, 2.24) is 4.90 Å². The SMILES string of the molecule is CN(C)C(=O)Sc1cccc(NS(=O)(=O)c2ccc3c4c(cccc24)C(=O)N3)c1. The van der Waals surface area contributed by atoms with E-state index in [1.54, 1.807) is 62.6 Å². The van der Waals surface area contributed by atoms with Gasteiger partial charge >= 0.3 is 0 Å². The minimum atomic E-state index is -3.92. The average molecular weight is 428 g/mol. The number of sulfonamides is 1. The number of amides is 2. The maximum Gasteiger partial charge on any atom is 0.285 e. The number of rotatable bonds is 4. The van der Waals surface area contributed by atoms with Gasteiger partial charge in [0.05, 0.1) is 4.90 Å². The monoisotopic (exact) mass is 427 g/mol. The zero-order valence-electron chi connectivity index (χ0n) is 15.6. The molecule has 148 valence electrons. The molecule has 1 heterocycles. The van der Waals surface area contributed by atoms with E-state index >= 15 is 0 Å². The van der Waals surface area contributed by atoms with Gasteiger partial charge in [-0.2, -0.15) is 0 Å². The Hall–Kier alpha value is -3.04. The van der Waals surface area contributed by atoms with E-state index in [1.807, 2.05) is 0 Å². The second-order valence-corrected chi connectivity index (χ2v) is 9.36. The van der Waals surface area contributed by atoms with E-state index in [2.05, 4.69) is 10.0 Å². The fourth-order valence-electron chi connectivity index (χ4n) is 3.12. The smallest absolute Gasteiger partial charge is 0.285 e. The predicted octanol–water partition coefficient (Wildman–Crippen LogP) is 3.98. The predicted molar refractivity (Wildman–Crippen MR) is 114 cm³/mol. The molecule has 1 aliphatic heterocycles. The summed E-state index contributed by atoms with van der Waals surface area (Å²) in [6.45, 7) is 0. The third kappa shape index (κ3) is 3.54. The van der Waals surface area contributed by atoms with Crippen LogP contribution in [0.4, 0.5) is 16.2 Å². The fraction of sp³-hybridized carbons (Fsp3) is 0.100.